The molecule has 5 nitrogen and oxygen atoms in total. The van der Waals surface area contributed by atoms with Gasteiger partial charge in [0, 0.05) is 30.7 Å². The van der Waals surface area contributed by atoms with Gasteiger partial charge in [0.25, 0.3) is 11.8 Å². The number of pyridine rings is 1. The first-order chi connectivity index (χ1) is 13.4. The van der Waals surface area contributed by atoms with Gasteiger partial charge in [0.1, 0.15) is 5.82 Å². The highest BCUT2D eigenvalue weighted by atomic mass is 19.2. The SMILES string of the molecule is O=C(NCc1ccc(F)cc1)c1cncc(C(=O)Nc2ccc(F)c(F)c2)c1. The molecule has 0 aliphatic carbocycles. The summed E-state index contributed by atoms with van der Waals surface area (Å²) in [7, 11) is 0. The Morgan fingerprint density at radius 3 is 2.18 bits per heavy atom. The highest BCUT2D eigenvalue weighted by Crippen LogP contribution is 2.14. The largest absolute Gasteiger partial charge is 0.348 e. The fraction of sp³-hybridized carbons (Fsp3) is 0.0500. The molecule has 0 unspecified atom stereocenters. The molecule has 3 aromatic rings. The van der Waals surface area contributed by atoms with Gasteiger partial charge in [-0.3, -0.25) is 14.6 Å². The van der Waals surface area contributed by atoms with Crippen molar-refractivity contribution in [2.45, 2.75) is 6.54 Å². The zero-order valence-electron chi connectivity index (χ0n) is 14.4. The first kappa shape index (κ1) is 19.1. The lowest BCUT2D eigenvalue weighted by molar-refractivity contribution is 0.0950. The van der Waals surface area contributed by atoms with Crippen molar-refractivity contribution in [2.75, 3.05) is 5.32 Å². The van der Waals surface area contributed by atoms with Crippen LogP contribution in [0.25, 0.3) is 0 Å². The number of nitrogens with one attached hydrogen (secondary N) is 2. The molecule has 0 aliphatic heterocycles. The molecule has 0 bridgehead atoms. The molecule has 0 spiro atoms. The van der Waals surface area contributed by atoms with Crippen LogP contribution in [-0.4, -0.2) is 16.8 Å². The average molecular weight is 385 g/mol. The molecule has 0 aliphatic rings. The maximum atomic E-state index is 13.2. The van der Waals surface area contributed by atoms with Gasteiger partial charge in [0.15, 0.2) is 11.6 Å². The Kier molecular flexibility index (Phi) is 5.69. The van der Waals surface area contributed by atoms with Gasteiger partial charge >= 0.3 is 0 Å². The summed E-state index contributed by atoms with van der Waals surface area (Å²) in [6, 6.07) is 9.92. The van der Waals surface area contributed by atoms with Crippen LogP contribution < -0.4 is 10.6 Å². The smallest absolute Gasteiger partial charge is 0.257 e. The van der Waals surface area contributed by atoms with Crippen molar-refractivity contribution in [1.29, 1.82) is 0 Å². The Hall–Kier alpha value is -3.68. The number of carbonyl (C=O) groups is 2. The molecule has 0 saturated carbocycles. The average Bonchev–Trinajstić information content (AvgIpc) is 2.70. The third-order valence-electron chi connectivity index (χ3n) is 3.81. The molecule has 1 heterocycles. The monoisotopic (exact) mass is 385 g/mol. The fourth-order valence-electron chi connectivity index (χ4n) is 2.35. The van der Waals surface area contributed by atoms with Gasteiger partial charge < -0.3 is 10.6 Å². The van der Waals surface area contributed by atoms with E-state index in [0.29, 0.717) is 5.56 Å². The van der Waals surface area contributed by atoms with Gasteiger partial charge in [-0.05, 0) is 35.9 Å². The summed E-state index contributed by atoms with van der Waals surface area (Å²) in [5, 5.41) is 5.04. The summed E-state index contributed by atoms with van der Waals surface area (Å²) in [6.45, 7) is 0.171. The van der Waals surface area contributed by atoms with E-state index >= 15 is 0 Å². The number of hydrogen-bond acceptors (Lipinski definition) is 3. The fourth-order valence-corrected chi connectivity index (χ4v) is 2.35. The van der Waals surface area contributed by atoms with Crippen LogP contribution in [0.3, 0.4) is 0 Å². The summed E-state index contributed by atoms with van der Waals surface area (Å²) >= 11 is 0. The molecule has 142 valence electrons. The summed E-state index contributed by atoms with van der Waals surface area (Å²) in [5.41, 5.74) is 0.976. The molecule has 2 aromatic carbocycles. The summed E-state index contributed by atoms with van der Waals surface area (Å²) in [5.74, 6) is -3.60. The third kappa shape index (κ3) is 4.73. The number of hydrogen-bond donors (Lipinski definition) is 2. The van der Waals surface area contributed by atoms with Crippen molar-refractivity contribution in [2.24, 2.45) is 0 Å². The van der Waals surface area contributed by atoms with Crippen molar-refractivity contribution in [1.82, 2.24) is 10.3 Å². The highest BCUT2D eigenvalue weighted by Gasteiger charge is 2.13. The van der Waals surface area contributed by atoms with Crippen LogP contribution in [0.2, 0.25) is 0 Å². The minimum Gasteiger partial charge on any atom is -0.348 e. The minimum atomic E-state index is -1.09. The van der Waals surface area contributed by atoms with Crippen LogP contribution in [0, 0.1) is 17.5 Å². The van der Waals surface area contributed by atoms with Gasteiger partial charge in [-0.2, -0.15) is 0 Å². The van der Waals surface area contributed by atoms with E-state index < -0.39 is 23.4 Å². The lowest BCUT2D eigenvalue weighted by Gasteiger charge is -2.08. The molecular formula is C20H14F3N3O2. The predicted octanol–water partition coefficient (Wildman–Crippen LogP) is 3.68. The number of rotatable bonds is 5. The van der Waals surface area contributed by atoms with Crippen LogP contribution >= 0.6 is 0 Å². The number of amides is 2. The number of halogens is 3. The number of nitrogens with zero attached hydrogens (tertiary/aromatic N) is 1. The number of benzene rings is 2. The molecule has 0 radical (unpaired) electrons. The van der Waals surface area contributed by atoms with Gasteiger partial charge in [0.2, 0.25) is 0 Å². The van der Waals surface area contributed by atoms with E-state index in [9.17, 15) is 22.8 Å². The third-order valence-corrected chi connectivity index (χ3v) is 3.81. The van der Waals surface area contributed by atoms with Crippen molar-refractivity contribution in [3.63, 3.8) is 0 Å². The standard InChI is InChI=1S/C20H14F3N3O2/c21-15-3-1-12(2-4-15)9-25-19(27)13-7-14(11-24-10-13)20(28)26-16-5-6-17(22)18(23)8-16/h1-8,10-11H,9H2,(H,25,27)(H,26,28). The van der Waals surface area contributed by atoms with Crippen molar-refractivity contribution in [3.05, 3.63) is 95.1 Å². The molecule has 2 amide bonds. The molecule has 0 saturated heterocycles. The molecule has 2 N–H and O–H groups in total. The Morgan fingerprint density at radius 1 is 0.821 bits per heavy atom. The van der Waals surface area contributed by atoms with Gasteiger partial charge in [-0.1, -0.05) is 12.1 Å². The minimum absolute atomic E-state index is 0.0649. The molecule has 28 heavy (non-hydrogen) atoms. The Labute approximate surface area is 158 Å². The Morgan fingerprint density at radius 2 is 1.50 bits per heavy atom. The predicted molar refractivity (Wildman–Crippen MR) is 96.1 cm³/mol. The second-order valence-corrected chi connectivity index (χ2v) is 5.85. The summed E-state index contributed by atoms with van der Waals surface area (Å²) in [4.78, 5) is 28.4. The lowest BCUT2D eigenvalue weighted by Crippen LogP contribution is -2.23. The summed E-state index contributed by atoms with van der Waals surface area (Å²) < 4.78 is 39.1. The van der Waals surface area contributed by atoms with Crippen molar-refractivity contribution < 1.29 is 22.8 Å². The maximum absolute atomic E-state index is 13.2. The molecule has 1 aromatic heterocycles. The van der Waals surface area contributed by atoms with Gasteiger partial charge in [0.05, 0.1) is 11.1 Å². The van der Waals surface area contributed by atoms with E-state index in [-0.39, 0.29) is 29.2 Å². The van der Waals surface area contributed by atoms with E-state index in [2.05, 4.69) is 15.6 Å². The maximum Gasteiger partial charge on any atom is 0.257 e. The van der Waals surface area contributed by atoms with Crippen molar-refractivity contribution >= 4 is 17.5 Å². The zero-order chi connectivity index (χ0) is 20.1. The quantitative estimate of drug-likeness (QED) is 0.704. The van der Waals surface area contributed by atoms with Crippen LogP contribution in [-0.2, 0) is 6.54 Å². The van der Waals surface area contributed by atoms with Crippen LogP contribution in [0.15, 0.2) is 60.9 Å². The molecular weight excluding hydrogens is 371 g/mol. The van der Waals surface area contributed by atoms with E-state index in [0.717, 1.165) is 12.1 Å². The van der Waals surface area contributed by atoms with Gasteiger partial charge in [-0.15, -0.1) is 0 Å². The van der Waals surface area contributed by atoms with Crippen LogP contribution in [0.1, 0.15) is 26.3 Å². The van der Waals surface area contributed by atoms with Crippen LogP contribution in [0.4, 0.5) is 18.9 Å². The molecule has 0 fully saturated rings. The second-order valence-electron chi connectivity index (χ2n) is 5.85. The number of anilines is 1. The normalized spacial score (nSPS) is 10.4. The van der Waals surface area contributed by atoms with Crippen LogP contribution in [0.5, 0.6) is 0 Å². The second kappa shape index (κ2) is 8.34. The first-order valence-electron chi connectivity index (χ1n) is 8.16. The number of carbonyl (C=O) groups excluding carboxylic acids is 2. The number of aromatic nitrogens is 1. The van der Waals surface area contributed by atoms with E-state index in [1.165, 1.54) is 36.7 Å². The topological polar surface area (TPSA) is 71.1 Å². The Balaban J connectivity index is 1.66. The van der Waals surface area contributed by atoms with E-state index in [1.54, 1.807) is 12.1 Å². The zero-order valence-corrected chi connectivity index (χ0v) is 14.4. The summed E-state index contributed by atoms with van der Waals surface area (Å²) in [6.07, 6.45) is 2.53. The van der Waals surface area contributed by atoms with Crippen molar-refractivity contribution in [3.8, 4) is 0 Å². The first-order valence-corrected chi connectivity index (χ1v) is 8.16. The van der Waals surface area contributed by atoms with E-state index in [1.807, 2.05) is 0 Å². The highest BCUT2D eigenvalue weighted by molar-refractivity contribution is 6.05. The molecule has 8 heteroatoms. The Bertz CT molecular complexity index is 1020. The molecule has 3 rings (SSSR count). The van der Waals surface area contributed by atoms with Gasteiger partial charge in [-0.25, -0.2) is 13.2 Å². The van der Waals surface area contributed by atoms with E-state index in [4.69, 9.17) is 0 Å². The molecule has 0 atom stereocenters. The lowest BCUT2D eigenvalue weighted by atomic mass is 10.1.